The third-order valence-electron chi connectivity index (χ3n) is 3.78. The molecule has 0 aliphatic rings. The van der Waals surface area contributed by atoms with Gasteiger partial charge >= 0.3 is 5.97 Å². The van der Waals surface area contributed by atoms with Gasteiger partial charge in [0.1, 0.15) is 18.1 Å². The quantitative estimate of drug-likeness (QED) is 0.262. The molecule has 0 heterocycles. The summed E-state index contributed by atoms with van der Waals surface area (Å²) >= 11 is 0. The molecular weight excluding hydrogens is 360 g/mol. The van der Waals surface area contributed by atoms with Crippen molar-refractivity contribution < 1.29 is 28.8 Å². The first-order valence-corrected chi connectivity index (χ1v) is 8.74. The van der Waals surface area contributed by atoms with Crippen molar-refractivity contribution in [2.45, 2.75) is 12.5 Å². The summed E-state index contributed by atoms with van der Waals surface area (Å²) in [6.07, 6.45) is 2.70. The van der Waals surface area contributed by atoms with E-state index < -0.39 is 12.1 Å². The lowest BCUT2D eigenvalue weighted by Crippen LogP contribution is -2.23. The van der Waals surface area contributed by atoms with Crippen LogP contribution in [0, 0.1) is 0 Å². The smallest absolute Gasteiger partial charge is 0.333 e. The minimum absolute atomic E-state index is 0.138. The summed E-state index contributed by atoms with van der Waals surface area (Å²) in [7, 11) is 0. The number of rotatable bonds is 12. The summed E-state index contributed by atoms with van der Waals surface area (Å²) < 4.78 is 20.8. The Morgan fingerprint density at radius 1 is 0.964 bits per heavy atom. The van der Waals surface area contributed by atoms with Crippen molar-refractivity contribution in [1.29, 1.82) is 0 Å². The van der Waals surface area contributed by atoms with Gasteiger partial charge in [-0.1, -0.05) is 37.4 Å². The lowest BCUT2D eigenvalue weighted by Gasteiger charge is -2.15. The molecule has 148 valence electrons. The van der Waals surface area contributed by atoms with Crippen LogP contribution in [0.25, 0.3) is 0 Å². The van der Waals surface area contributed by atoms with Crippen LogP contribution in [-0.4, -0.2) is 37.2 Å². The van der Waals surface area contributed by atoms with Crippen LogP contribution in [0.15, 0.2) is 74.0 Å². The zero-order valence-electron chi connectivity index (χ0n) is 15.6. The molecule has 2 aromatic carbocycles. The van der Waals surface area contributed by atoms with Crippen molar-refractivity contribution in [2.24, 2.45) is 0 Å². The van der Waals surface area contributed by atoms with Crippen LogP contribution in [0.4, 0.5) is 0 Å². The predicted molar refractivity (Wildman–Crippen MR) is 105 cm³/mol. The lowest BCUT2D eigenvalue weighted by atomic mass is 10.0. The molecule has 0 saturated heterocycles. The van der Waals surface area contributed by atoms with E-state index in [0.29, 0.717) is 11.5 Å². The lowest BCUT2D eigenvalue weighted by molar-refractivity contribution is -0.144. The van der Waals surface area contributed by atoms with Crippen LogP contribution in [0.3, 0.4) is 0 Å². The minimum Gasteiger partial charge on any atom is -0.493 e. The van der Waals surface area contributed by atoms with Crippen LogP contribution in [-0.2, 0) is 20.7 Å². The van der Waals surface area contributed by atoms with Crippen molar-refractivity contribution in [1.82, 2.24) is 0 Å². The topological polar surface area (TPSA) is 74.2 Å². The number of aliphatic hydroxyl groups is 1. The standard InChI is InChI=1S/C22H24O6/c1-3-22(24)28-16-27-20-11-7-18(8-12-20)13-17-5-9-19(10-6-17)26-15-21(14-23)25-4-2/h3-12,21,23H,1-2,13-16H2. The van der Waals surface area contributed by atoms with Gasteiger partial charge in [-0.15, -0.1) is 0 Å². The van der Waals surface area contributed by atoms with E-state index in [1.54, 1.807) is 0 Å². The van der Waals surface area contributed by atoms with Gasteiger partial charge in [0.05, 0.1) is 12.9 Å². The van der Waals surface area contributed by atoms with Crippen molar-refractivity contribution in [3.8, 4) is 11.5 Å². The van der Waals surface area contributed by atoms with Gasteiger partial charge in [0.2, 0.25) is 6.79 Å². The second-order valence-corrected chi connectivity index (χ2v) is 5.81. The number of carbonyl (C=O) groups is 1. The molecule has 0 fully saturated rings. The van der Waals surface area contributed by atoms with Gasteiger partial charge < -0.3 is 24.1 Å². The van der Waals surface area contributed by atoms with Crippen molar-refractivity contribution >= 4 is 5.97 Å². The maximum Gasteiger partial charge on any atom is 0.333 e. The Kier molecular flexibility index (Phi) is 8.62. The summed E-state index contributed by atoms with van der Waals surface area (Å²) in [6.45, 7) is 6.73. The normalized spacial score (nSPS) is 11.2. The molecule has 1 atom stereocenters. The highest BCUT2D eigenvalue weighted by atomic mass is 16.7. The van der Waals surface area contributed by atoms with Gasteiger partial charge in [-0.05, 0) is 41.8 Å². The van der Waals surface area contributed by atoms with E-state index in [1.807, 2.05) is 48.5 Å². The average molecular weight is 384 g/mol. The highest BCUT2D eigenvalue weighted by molar-refractivity contribution is 5.81. The molecule has 6 heteroatoms. The van der Waals surface area contributed by atoms with Crippen LogP contribution in [0.1, 0.15) is 11.1 Å². The average Bonchev–Trinajstić information content (AvgIpc) is 2.73. The molecule has 0 amide bonds. The Balaban J connectivity index is 1.82. The van der Waals surface area contributed by atoms with E-state index >= 15 is 0 Å². The number of hydrogen-bond acceptors (Lipinski definition) is 6. The molecular formula is C22H24O6. The zero-order chi connectivity index (χ0) is 20.2. The van der Waals surface area contributed by atoms with Gasteiger partial charge in [-0.25, -0.2) is 4.79 Å². The molecule has 2 rings (SSSR count). The molecule has 6 nitrogen and oxygen atoms in total. The van der Waals surface area contributed by atoms with Crippen LogP contribution in [0.2, 0.25) is 0 Å². The Bertz CT molecular complexity index is 752. The Labute approximate surface area is 164 Å². The van der Waals surface area contributed by atoms with Crippen LogP contribution in [0.5, 0.6) is 11.5 Å². The van der Waals surface area contributed by atoms with Crippen molar-refractivity contribution in [2.75, 3.05) is 20.0 Å². The molecule has 0 aliphatic carbocycles. The molecule has 1 unspecified atom stereocenters. The minimum atomic E-state index is -0.524. The Morgan fingerprint density at radius 2 is 1.54 bits per heavy atom. The van der Waals surface area contributed by atoms with E-state index in [0.717, 1.165) is 23.6 Å². The zero-order valence-corrected chi connectivity index (χ0v) is 15.6. The molecule has 0 aromatic heterocycles. The monoisotopic (exact) mass is 384 g/mol. The number of hydrogen-bond donors (Lipinski definition) is 1. The molecule has 0 aliphatic heterocycles. The first-order valence-electron chi connectivity index (χ1n) is 8.74. The van der Waals surface area contributed by atoms with Gasteiger partial charge in [-0.2, -0.15) is 0 Å². The summed E-state index contributed by atoms with van der Waals surface area (Å²) in [5, 5.41) is 9.16. The van der Waals surface area contributed by atoms with E-state index in [1.165, 1.54) is 6.26 Å². The van der Waals surface area contributed by atoms with Gasteiger partial charge in [-0.3, -0.25) is 0 Å². The van der Waals surface area contributed by atoms with E-state index in [2.05, 4.69) is 13.2 Å². The molecule has 1 N–H and O–H groups in total. The first-order chi connectivity index (χ1) is 13.6. The van der Waals surface area contributed by atoms with Crippen molar-refractivity contribution in [3.05, 3.63) is 85.2 Å². The summed E-state index contributed by atoms with van der Waals surface area (Å²) in [5.74, 6) is 0.793. The fourth-order valence-electron chi connectivity index (χ4n) is 2.32. The Hall–Kier alpha value is -3.25. The number of aliphatic hydroxyl groups excluding tert-OH is 1. The summed E-state index contributed by atoms with van der Waals surface area (Å²) in [5.41, 5.74) is 2.24. The first kappa shape index (κ1) is 21.1. The largest absolute Gasteiger partial charge is 0.493 e. The fourth-order valence-corrected chi connectivity index (χ4v) is 2.32. The second-order valence-electron chi connectivity index (χ2n) is 5.81. The molecule has 0 radical (unpaired) electrons. The molecule has 28 heavy (non-hydrogen) atoms. The van der Waals surface area contributed by atoms with Gasteiger partial charge in [0.25, 0.3) is 0 Å². The van der Waals surface area contributed by atoms with Crippen LogP contribution >= 0.6 is 0 Å². The highest BCUT2D eigenvalue weighted by Crippen LogP contribution is 2.18. The maximum atomic E-state index is 11.0. The predicted octanol–water partition coefficient (Wildman–Crippen LogP) is 3.24. The summed E-state index contributed by atoms with van der Waals surface area (Å²) in [4.78, 5) is 11.0. The third-order valence-corrected chi connectivity index (χ3v) is 3.78. The number of carbonyl (C=O) groups excluding carboxylic acids is 1. The number of ether oxygens (including phenoxy) is 4. The van der Waals surface area contributed by atoms with Crippen molar-refractivity contribution in [3.63, 3.8) is 0 Å². The maximum absolute atomic E-state index is 11.0. The molecule has 0 bridgehead atoms. The Morgan fingerprint density at radius 3 is 2.04 bits per heavy atom. The van der Waals surface area contributed by atoms with Gasteiger partial charge in [0, 0.05) is 6.08 Å². The van der Waals surface area contributed by atoms with E-state index in [4.69, 9.17) is 24.1 Å². The van der Waals surface area contributed by atoms with Gasteiger partial charge in [0.15, 0.2) is 6.10 Å². The molecule has 0 saturated carbocycles. The van der Waals surface area contributed by atoms with E-state index in [-0.39, 0.29) is 20.0 Å². The second kappa shape index (κ2) is 11.5. The number of esters is 1. The van der Waals surface area contributed by atoms with Crippen LogP contribution < -0.4 is 9.47 Å². The molecule has 2 aromatic rings. The third kappa shape index (κ3) is 7.17. The SMILES string of the molecule is C=COC(CO)COc1ccc(Cc2ccc(OCOC(=O)C=C)cc2)cc1. The number of benzene rings is 2. The summed E-state index contributed by atoms with van der Waals surface area (Å²) in [6, 6.07) is 15.3. The molecule has 0 spiro atoms. The highest BCUT2D eigenvalue weighted by Gasteiger charge is 2.07. The fraction of sp³-hybridized carbons (Fsp3) is 0.227. The van der Waals surface area contributed by atoms with E-state index in [9.17, 15) is 4.79 Å².